The second-order valence-corrected chi connectivity index (χ2v) is 6.93. The number of rotatable bonds is 4. The molecule has 2 rings (SSSR count). The Kier molecular flexibility index (Phi) is 5.19. The van der Waals surface area contributed by atoms with Gasteiger partial charge >= 0.3 is 5.97 Å². The highest BCUT2D eigenvalue weighted by Gasteiger charge is 2.39. The van der Waals surface area contributed by atoms with Crippen molar-refractivity contribution >= 4 is 23.2 Å². The molecule has 1 aromatic rings. The van der Waals surface area contributed by atoms with Gasteiger partial charge in [0.1, 0.15) is 10.4 Å². The zero-order valence-corrected chi connectivity index (χ0v) is 13.7. The summed E-state index contributed by atoms with van der Waals surface area (Å²) in [5.74, 6) is -0.820. The van der Waals surface area contributed by atoms with Gasteiger partial charge in [0.2, 0.25) is 0 Å². The van der Waals surface area contributed by atoms with Crippen LogP contribution in [0.15, 0.2) is 12.1 Å². The Morgan fingerprint density at radius 1 is 1.36 bits per heavy atom. The summed E-state index contributed by atoms with van der Waals surface area (Å²) in [6, 6.07) is 5.81. The highest BCUT2D eigenvalue weighted by Crippen LogP contribution is 2.32. The third-order valence-electron chi connectivity index (χ3n) is 4.17. The molecule has 0 aliphatic heterocycles. The molecule has 1 amide bonds. The van der Waals surface area contributed by atoms with E-state index in [2.05, 4.69) is 6.07 Å². The number of ether oxygens (including phenoxy) is 1. The molecular formula is C16H20N2O3S. The molecule has 0 aromatic carbocycles. The molecule has 0 radical (unpaired) electrons. The van der Waals surface area contributed by atoms with E-state index >= 15 is 0 Å². The summed E-state index contributed by atoms with van der Waals surface area (Å²) in [6.45, 7) is 1.58. The van der Waals surface area contributed by atoms with Crippen LogP contribution in [0, 0.1) is 18.3 Å². The summed E-state index contributed by atoms with van der Waals surface area (Å²) in [5, 5.41) is 9.47. The van der Waals surface area contributed by atoms with Crippen molar-refractivity contribution in [1.82, 2.24) is 4.90 Å². The summed E-state index contributed by atoms with van der Waals surface area (Å²) in [4.78, 5) is 27.1. The molecule has 0 bridgehead atoms. The number of thiophene rings is 1. The van der Waals surface area contributed by atoms with E-state index in [0.717, 1.165) is 24.1 Å². The number of nitriles is 1. The molecular weight excluding hydrogens is 300 g/mol. The average molecular weight is 320 g/mol. The number of aryl methyl sites for hydroxylation is 1. The maximum absolute atomic E-state index is 12.2. The van der Waals surface area contributed by atoms with Crippen LogP contribution in [0.25, 0.3) is 0 Å². The van der Waals surface area contributed by atoms with Crippen molar-refractivity contribution in [2.75, 3.05) is 13.7 Å². The Bertz CT molecular complexity index is 597. The predicted octanol–water partition coefficient (Wildman–Crippen LogP) is 2.90. The molecule has 5 nitrogen and oxygen atoms in total. The molecule has 1 aromatic heterocycles. The standard InChI is InChI=1S/C16H20N2O3S/c1-12-6-7-13(22-12)15(20)21-10-14(19)18(2)16(11-17)8-4-3-5-9-16/h6-7H,3-5,8-10H2,1-2H3. The van der Waals surface area contributed by atoms with E-state index < -0.39 is 11.5 Å². The number of hydrogen-bond donors (Lipinski definition) is 0. The smallest absolute Gasteiger partial charge is 0.348 e. The van der Waals surface area contributed by atoms with Gasteiger partial charge in [-0.15, -0.1) is 11.3 Å². The van der Waals surface area contributed by atoms with E-state index in [-0.39, 0.29) is 12.5 Å². The van der Waals surface area contributed by atoms with Crippen molar-refractivity contribution in [3.63, 3.8) is 0 Å². The van der Waals surface area contributed by atoms with E-state index in [1.807, 2.05) is 13.0 Å². The minimum Gasteiger partial charge on any atom is -0.451 e. The molecule has 0 unspecified atom stereocenters. The number of likely N-dealkylation sites (N-methyl/N-ethyl adjacent to an activating group) is 1. The first-order valence-electron chi connectivity index (χ1n) is 7.40. The molecule has 1 fully saturated rings. The molecule has 1 aliphatic rings. The minimum absolute atomic E-state index is 0.324. The van der Waals surface area contributed by atoms with E-state index in [0.29, 0.717) is 17.7 Å². The summed E-state index contributed by atoms with van der Waals surface area (Å²) in [6.07, 6.45) is 4.35. The highest BCUT2D eigenvalue weighted by molar-refractivity contribution is 7.13. The largest absolute Gasteiger partial charge is 0.451 e. The van der Waals surface area contributed by atoms with Crippen molar-refractivity contribution in [2.45, 2.75) is 44.6 Å². The molecule has 1 aliphatic carbocycles. The monoisotopic (exact) mass is 320 g/mol. The summed E-state index contributed by atoms with van der Waals surface area (Å²) in [5.41, 5.74) is -0.749. The lowest BCUT2D eigenvalue weighted by molar-refractivity contribution is -0.138. The van der Waals surface area contributed by atoms with Gasteiger partial charge in [0.25, 0.3) is 5.91 Å². The molecule has 0 spiro atoms. The molecule has 118 valence electrons. The number of esters is 1. The van der Waals surface area contributed by atoms with Gasteiger partial charge in [-0.3, -0.25) is 4.79 Å². The van der Waals surface area contributed by atoms with Gasteiger partial charge in [0.15, 0.2) is 6.61 Å². The van der Waals surface area contributed by atoms with Crippen LogP contribution in [0.5, 0.6) is 0 Å². The van der Waals surface area contributed by atoms with E-state index in [1.165, 1.54) is 16.2 Å². The number of carbonyl (C=O) groups excluding carboxylic acids is 2. The van der Waals surface area contributed by atoms with Crippen LogP contribution < -0.4 is 0 Å². The normalized spacial score (nSPS) is 16.6. The van der Waals surface area contributed by atoms with Crippen LogP contribution in [0.3, 0.4) is 0 Å². The SMILES string of the molecule is Cc1ccc(C(=O)OCC(=O)N(C)C2(C#N)CCCCC2)s1. The van der Waals surface area contributed by atoms with Crippen LogP contribution in [-0.4, -0.2) is 36.0 Å². The van der Waals surface area contributed by atoms with Crippen LogP contribution in [0.1, 0.15) is 46.7 Å². The van der Waals surface area contributed by atoms with E-state index in [4.69, 9.17) is 4.74 Å². The number of hydrogen-bond acceptors (Lipinski definition) is 5. The fourth-order valence-corrected chi connectivity index (χ4v) is 3.50. The van der Waals surface area contributed by atoms with Crippen LogP contribution in [0.4, 0.5) is 0 Å². The van der Waals surface area contributed by atoms with E-state index in [1.54, 1.807) is 13.1 Å². The lowest BCUT2D eigenvalue weighted by Crippen LogP contribution is -2.51. The minimum atomic E-state index is -0.749. The number of carbonyl (C=O) groups is 2. The van der Waals surface area contributed by atoms with Crippen LogP contribution >= 0.6 is 11.3 Å². The van der Waals surface area contributed by atoms with Crippen molar-refractivity contribution in [2.24, 2.45) is 0 Å². The summed E-state index contributed by atoms with van der Waals surface area (Å²) in [7, 11) is 1.62. The Morgan fingerprint density at radius 2 is 2.05 bits per heavy atom. The maximum atomic E-state index is 12.2. The fourth-order valence-electron chi connectivity index (χ4n) is 2.74. The van der Waals surface area contributed by atoms with Crippen molar-refractivity contribution in [1.29, 1.82) is 5.26 Å². The first-order chi connectivity index (χ1) is 10.5. The molecule has 6 heteroatoms. The molecule has 0 N–H and O–H groups in total. The zero-order valence-electron chi connectivity index (χ0n) is 12.9. The van der Waals surface area contributed by atoms with E-state index in [9.17, 15) is 14.9 Å². The first-order valence-corrected chi connectivity index (χ1v) is 8.22. The quantitative estimate of drug-likeness (QED) is 0.800. The van der Waals surface area contributed by atoms with Gasteiger partial charge in [-0.25, -0.2) is 4.79 Å². The predicted molar refractivity (Wildman–Crippen MR) is 83.5 cm³/mol. The lowest BCUT2D eigenvalue weighted by Gasteiger charge is -2.38. The first kappa shape index (κ1) is 16.5. The number of nitrogens with zero attached hydrogens (tertiary/aromatic N) is 2. The summed E-state index contributed by atoms with van der Waals surface area (Å²) >= 11 is 1.34. The molecule has 0 atom stereocenters. The highest BCUT2D eigenvalue weighted by atomic mass is 32.1. The lowest BCUT2D eigenvalue weighted by atomic mass is 9.81. The second kappa shape index (κ2) is 6.93. The summed E-state index contributed by atoms with van der Waals surface area (Å²) < 4.78 is 5.08. The topological polar surface area (TPSA) is 70.4 Å². The Hall–Kier alpha value is -1.87. The number of amides is 1. The third kappa shape index (κ3) is 3.47. The van der Waals surface area contributed by atoms with Gasteiger partial charge in [0, 0.05) is 11.9 Å². The van der Waals surface area contributed by atoms with Crippen molar-refractivity contribution < 1.29 is 14.3 Å². The second-order valence-electron chi connectivity index (χ2n) is 5.64. The van der Waals surface area contributed by atoms with Gasteiger partial charge in [-0.1, -0.05) is 19.3 Å². The van der Waals surface area contributed by atoms with Crippen LogP contribution in [-0.2, 0) is 9.53 Å². The molecule has 1 heterocycles. The van der Waals surface area contributed by atoms with Crippen LogP contribution in [0.2, 0.25) is 0 Å². The fraction of sp³-hybridized carbons (Fsp3) is 0.562. The van der Waals surface area contributed by atoms with Gasteiger partial charge in [-0.05, 0) is 31.9 Å². The Balaban J connectivity index is 1.94. The Labute approximate surface area is 134 Å². The molecule has 22 heavy (non-hydrogen) atoms. The Morgan fingerprint density at radius 3 is 2.59 bits per heavy atom. The zero-order chi connectivity index (χ0) is 16.2. The average Bonchev–Trinajstić information content (AvgIpc) is 2.98. The van der Waals surface area contributed by atoms with Gasteiger partial charge in [-0.2, -0.15) is 5.26 Å². The van der Waals surface area contributed by atoms with Crippen molar-refractivity contribution in [3.05, 3.63) is 21.9 Å². The van der Waals surface area contributed by atoms with Gasteiger partial charge < -0.3 is 9.64 Å². The molecule has 0 saturated heterocycles. The maximum Gasteiger partial charge on any atom is 0.348 e. The van der Waals surface area contributed by atoms with Crippen molar-refractivity contribution in [3.8, 4) is 6.07 Å². The molecule has 1 saturated carbocycles. The van der Waals surface area contributed by atoms with Gasteiger partial charge in [0.05, 0.1) is 6.07 Å². The third-order valence-corrected chi connectivity index (χ3v) is 5.15.